The third-order valence-corrected chi connectivity index (χ3v) is 4.72. The molecule has 1 aliphatic rings. The number of carbonyl (C=O) groups excluding carboxylic acids is 1. The fourth-order valence-corrected chi connectivity index (χ4v) is 2.91. The Bertz CT molecular complexity index is 458. The molecule has 1 N–H and O–H groups in total. The van der Waals surface area contributed by atoms with E-state index in [4.69, 9.17) is 0 Å². The van der Waals surface area contributed by atoms with Crippen LogP contribution in [0.3, 0.4) is 0 Å². The van der Waals surface area contributed by atoms with E-state index in [-0.39, 0.29) is 6.03 Å². The highest BCUT2D eigenvalue weighted by atomic mass is 79.9. The molecular weight excluding hydrogens is 318 g/mol. The summed E-state index contributed by atoms with van der Waals surface area (Å²) in [6.45, 7) is 2.68. The highest BCUT2D eigenvalue weighted by molar-refractivity contribution is 9.10. The zero-order valence-electron chi connectivity index (χ0n) is 12.1. The minimum absolute atomic E-state index is 0.00954. The molecule has 0 aromatic heterocycles. The molecule has 2 amide bonds. The number of likely N-dealkylation sites (tertiary alicyclic amines) is 1. The number of nitrogens with zero attached hydrogens (tertiary/aromatic N) is 2. The van der Waals surface area contributed by atoms with Crippen LogP contribution in [0.4, 0.5) is 4.79 Å². The van der Waals surface area contributed by atoms with Gasteiger partial charge in [0, 0.05) is 24.1 Å². The summed E-state index contributed by atoms with van der Waals surface area (Å²) in [4.78, 5) is 16.4. The number of carbonyl (C=O) groups is 1. The molecule has 0 radical (unpaired) electrons. The van der Waals surface area contributed by atoms with Gasteiger partial charge in [0.2, 0.25) is 0 Å². The molecule has 1 fully saturated rings. The summed E-state index contributed by atoms with van der Waals surface area (Å²) in [5.41, 5.74) is 1.10. The first-order valence-corrected chi connectivity index (χ1v) is 7.80. The van der Waals surface area contributed by atoms with Crippen LogP contribution in [0.25, 0.3) is 0 Å². The van der Waals surface area contributed by atoms with Crippen molar-refractivity contribution in [1.82, 2.24) is 15.1 Å². The number of nitrogens with one attached hydrogen (secondary N) is 1. The Hall–Kier alpha value is -1.07. The van der Waals surface area contributed by atoms with E-state index < -0.39 is 0 Å². The minimum atomic E-state index is 0.00954. The average Bonchev–Trinajstić information content (AvgIpc) is 2.46. The summed E-state index contributed by atoms with van der Waals surface area (Å²) in [6.07, 6.45) is 2.10. The lowest BCUT2D eigenvalue weighted by Gasteiger charge is -2.35. The largest absolute Gasteiger partial charge is 0.334 e. The van der Waals surface area contributed by atoms with Gasteiger partial charge < -0.3 is 15.1 Å². The molecule has 0 bridgehead atoms. The van der Waals surface area contributed by atoms with Crippen LogP contribution in [-0.2, 0) is 6.54 Å². The van der Waals surface area contributed by atoms with Crippen LogP contribution in [0, 0.1) is 0 Å². The van der Waals surface area contributed by atoms with Crippen molar-refractivity contribution in [2.75, 3.05) is 27.2 Å². The third kappa shape index (κ3) is 3.96. The highest BCUT2D eigenvalue weighted by Gasteiger charge is 2.23. The van der Waals surface area contributed by atoms with Gasteiger partial charge in [0.25, 0.3) is 0 Å². The molecule has 2 rings (SSSR count). The Morgan fingerprint density at radius 2 is 2.05 bits per heavy atom. The van der Waals surface area contributed by atoms with E-state index in [1.807, 2.05) is 36.2 Å². The molecular formula is C15H22BrN3O. The Morgan fingerprint density at radius 1 is 1.40 bits per heavy atom. The number of halogens is 1. The first-order valence-electron chi connectivity index (χ1n) is 7.00. The van der Waals surface area contributed by atoms with E-state index in [0.29, 0.717) is 12.6 Å². The van der Waals surface area contributed by atoms with Crippen molar-refractivity contribution < 1.29 is 4.79 Å². The van der Waals surface area contributed by atoms with Crippen molar-refractivity contribution in [2.24, 2.45) is 0 Å². The summed E-state index contributed by atoms with van der Waals surface area (Å²) < 4.78 is 1.03. The van der Waals surface area contributed by atoms with Crippen molar-refractivity contribution in [3.05, 3.63) is 34.3 Å². The van der Waals surface area contributed by atoms with E-state index in [1.54, 1.807) is 0 Å². The monoisotopic (exact) mass is 339 g/mol. The highest BCUT2D eigenvalue weighted by Crippen LogP contribution is 2.16. The van der Waals surface area contributed by atoms with Crippen molar-refractivity contribution in [3.63, 3.8) is 0 Å². The molecule has 20 heavy (non-hydrogen) atoms. The molecule has 0 saturated carbocycles. The standard InChI is InChI=1S/C15H22BrN3O/c1-18-9-7-13(8-10-18)19(2)15(20)17-11-12-5-3-4-6-14(12)16/h3-6,13H,7-11H2,1-2H3,(H,17,20). The fourth-order valence-electron chi connectivity index (χ4n) is 2.49. The SMILES string of the molecule is CN1CCC(N(C)C(=O)NCc2ccccc2Br)CC1. The molecule has 1 aliphatic heterocycles. The number of hydrogen-bond acceptors (Lipinski definition) is 2. The van der Waals surface area contributed by atoms with Gasteiger partial charge in [0.05, 0.1) is 0 Å². The molecule has 1 saturated heterocycles. The second kappa shape index (κ2) is 7.09. The summed E-state index contributed by atoms with van der Waals surface area (Å²) in [7, 11) is 4.02. The molecule has 0 aliphatic carbocycles. The number of piperidine rings is 1. The molecule has 0 atom stereocenters. The van der Waals surface area contributed by atoms with Crippen molar-refractivity contribution >= 4 is 22.0 Å². The van der Waals surface area contributed by atoms with Crippen LogP contribution in [0.5, 0.6) is 0 Å². The Labute approximate surface area is 129 Å². The first-order chi connectivity index (χ1) is 9.58. The molecule has 1 aromatic rings. The van der Waals surface area contributed by atoms with E-state index in [9.17, 15) is 4.79 Å². The first kappa shape index (κ1) is 15.3. The third-order valence-electron chi connectivity index (χ3n) is 3.94. The normalized spacial score (nSPS) is 16.9. The molecule has 0 spiro atoms. The van der Waals surface area contributed by atoms with E-state index in [0.717, 1.165) is 36.0 Å². The Morgan fingerprint density at radius 3 is 2.70 bits per heavy atom. The zero-order chi connectivity index (χ0) is 14.5. The van der Waals surface area contributed by atoms with Gasteiger partial charge in [0.1, 0.15) is 0 Å². The minimum Gasteiger partial charge on any atom is -0.334 e. The van der Waals surface area contributed by atoms with E-state index in [2.05, 4.69) is 33.2 Å². The summed E-state index contributed by atoms with van der Waals surface area (Å²) >= 11 is 3.50. The molecule has 1 aromatic carbocycles. The van der Waals surface area contributed by atoms with Crippen molar-refractivity contribution in [1.29, 1.82) is 0 Å². The lowest BCUT2D eigenvalue weighted by molar-refractivity contribution is 0.147. The van der Waals surface area contributed by atoms with Gasteiger partial charge >= 0.3 is 6.03 Å². The molecule has 0 unspecified atom stereocenters. The predicted molar refractivity (Wildman–Crippen MR) is 84.7 cm³/mol. The van der Waals surface area contributed by atoms with Crippen molar-refractivity contribution in [2.45, 2.75) is 25.4 Å². The van der Waals surface area contributed by atoms with Gasteiger partial charge in [-0.3, -0.25) is 0 Å². The number of benzene rings is 1. The number of urea groups is 1. The predicted octanol–water partition coefficient (Wildman–Crippen LogP) is 2.68. The maximum absolute atomic E-state index is 12.2. The maximum atomic E-state index is 12.2. The summed E-state index contributed by atoms with van der Waals surface area (Å²) in [5.74, 6) is 0. The smallest absolute Gasteiger partial charge is 0.317 e. The van der Waals surface area contributed by atoms with Gasteiger partial charge in [-0.15, -0.1) is 0 Å². The van der Waals surface area contributed by atoms with E-state index >= 15 is 0 Å². The van der Waals surface area contributed by atoms with Crippen LogP contribution in [0.2, 0.25) is 0 Å². The van der Waals surface area contributed by atoms with Gasteiger partial charge in [-0.1, -0.05) is 34.1 Å². The van der Waals surface area contributed by atoms with Crippen LogP contribution in [-0.4, -0.2) is 49.1 Å². The number of hydrogen-bond donors (Lipinski definition) is 1. The molecule has 110 valence electrons. The molecule has 5 heteroatoms. The maximum Gasteiger partial charge on any atom is 0.317 e. The molecule has 4 nitrogen and oxygen atoms in total. The average molecular weight is 340 g/mol. The lowest BCUT2D eigenvalue weighted by Crippen LogP contribution is -2.48. The number of rotatable bonds is 3. The van der Waals surface area contributed by atoms with E-state index in [1.165, 1.54) is 0 Å². The molecule has 1 heterocycles. The quantitative estimate of drug-likeness (QED) is 0.918. The Kier molecular flexibility index (Phi) is 5.43. The van der Waals surface area contributed by atoms with Gasteiger partial charge in [-0.25, -0.2) is 4.79 Å². The van der Waals surface area contributed by atoms with Crippen LogP contribution < -0.4 is 5.32 Å². The van der Waals surface area contributed by atoms with Crippen LogP contribution in [0.15, 0.2) is 28.7 Å². The van der Waals surface area contributed by atoms with Crippen LogP contribution in [0.1, 0.15) is 18.4 Å². The zero-order valence-corrected chi connectivity index (χ0v) is 13.7. The topological polar surface area (TPSA) is 35.6 Å². The summed E-state index contributed by atoms with van der Waals surface area (Å²) in [5, 5.41) is 2.99. The van der Waals surface area contributed by atoms with Crippen molar-refractivity contribution in [3.8, 4) is 0 Å². The fraction of sp³-hybridized carbons (Fsp3) is 0.533. The number of amides is 2. The van der Waals surface area contributed by atoms with Gasteiger partial charge in [-0.2, -0.15) is 0 Å². The van der Waals surface area contributed by atoms with Crippen LogP contribution >= 0.6 is 15.9 Å². The van der Waals surface area contributed by atoms with Gasteiger partial charge in [0.15, 0.2) is 0 Å². The van der Waals surface area contributed by atoms with Gasteiger partial charge in [-0.05, 0) is 44.6 Å². The summed E-state index contributed by atoms with van der Waals surface area (Å²) in [6, 6.07) is 8.32. The second-order valence-electron chi connectivity index (χ2n) is 5.40. The lowest BCUT2D eigenvalue weighted by atomic mass is 10.0. The Balaban J connectivity index is 1.84. The second-order valence-corrected chi connectivity index (χ2v) is 6.25.